The summed E-state index contributed by atoms with van der Waals surface area (Å²) in [5.41, 5.74) is 0. The van der Waals surface area contributed by atoms with E-state index in [2.05, 4.69) is 32.8 Å². The first-order valence-electron chi connectivity index (χ1n) is 4.24. The molecule has 0 bridgehead atoms. The van der Waals surface area contributed by atoms with Crippen LogP contribution < -0.4 is 5.32 Å². The number of hydrogen-bond donors (Lipinski definition) is 1. The first-order chi connectivity index (χ1) is 6.72. The van der Waals surface area contributed by atoms with E-state index in [1.165, 1.54) is 0 Å². The Morgan fingerprint density at radius 1 is 1.71 bits per heavy atom. The normalized spacial score (nSPS) is 9.50. The third-order valence-corrected chi connectivity index (χ3v) is 2.06. The number of rotatable bonds is 4. The monoisotopic (exact) mass is 254 g/mol. The van der Waals surface area contributed by atoms with Gasteiger partial charge in [-0.15, -0.1) is 6.58 Å². The molecular weight excluding hydrogens is 244 g/mol. The first-order valence-corrected chi connectivity index (χ1v) is 5.04. The lowest BCUT2D eigenvalue weighted by molar-refractivity contribution is -0.116. The Morgan fingerprint density at radius 2 is 2.50 bits per heavy atom. The van der Waals surface area contributed by atoms with E-state index >= 15 is 0 Å². The molecule has 0 aliphatic heterocycles. The minimum atomic E-state index is -0.0458. The van der Waals surface area contributed by atoms with Gasteiger partial charge in [-0.2, -0.15) is 0 Å². The summed E-state index contributed by atoms with van der Waals surface area (Å²) in [6.07, 6.45) is 4.47. The summed E-state index contributed by atoms with van der Waals surface area (Å²) in [6.45, 7) is 3.55. The van der Waals surface area contributed by atoms with E-state index in [-0.39, 0.29) is 5.91 Å². The van der Waals surface area contributed by atoms with Crippen molar-refractivity contribution in [3.8, 4) is 0 Å². The summed E-state index contributed by atoms with van der Waals surface area (Å²) in [5.74, 6) is 0.518. The van der Waals surface area contributed by atoms with Crippen LogP contribution in [0.15, 0.2) is 35.5 Å². The molecule has 1 N–H and O–H groups in total. The molecule has 0 spiro atoms. The van der Waals surface area contributed by atoms with Gasteiger partial charge in [0.05, 0.1) is 0 Å². The average molecular weight is 255 g/mol. The minimum absolute atomic E-state index is 0.0458. The lowest BCUT2D eigenvalue weighted by Gasteiger charge is -2.02. The number of hydrogen-bond acceptors (Lipinski definition) is 2. The molecule has 0 radical (unpaired) electrons. The first kappa shape index (κ1) is 10.9. The van der Waals surface area contributed by atoms with Crippen LogP contribution in [0.1, 0.15) is 12.8 Å². The van der Waals surface area contributed by atoms with Crippen LogP contribution in [0.3, 0.4) is 0 Å². The van der Waals surface area contributed by atoms with Crippen LogP contribution >= 0.6 is 15.9 Å². The molecule has 14 heavy (non-hydrogen) atoms. The number of allylic oxidation sites excluding steroid dienone is 1. The van der Waals surface area contributed by atoms with Crippen LogP contribution in [0.25, 0.3) is 0 Å². The number of carbonyl (C=O) groups is 1. The van der Waals surface area contributed by atoms with E-state index in [0.29, 0.717) is 18.7 Å². The molecule has 0 aromatic carbocycles. The second kappa shape index (κ2) is 5.54. The highest BCUT2D eigenvalue weighted by atomic mass is 79.9. The molecule has 3 nitrogen and oxygen atoms in total. The number of aromatic nitrogens is 1. The van der Waals surface area contributed by atoms with Gasteiger partial charge in [-0.25, -0.2) is 4.98 Å². The number of nitrogens with one attached hydrogen (secondary N) is 1. The predicted octanol–water partition coefficient (Wildman–Crippen LogP) is 2.75. The Kier molecular flexibility index (Phi) is 4.32. The zero-order valence-corrected chi connectivity index (χ0v) is 9.25. The maximum absolute atomic E-state index is 11.3. The summed E-state index contributed by atoms with van der Waals surface area (Å²) >= 11 is 3.30. The van der Waals surface area contributed by atoms with Crippen LogP contribution in [0, 0.1) is 0 Å². The largest absolute Gasteiger partial charge is 0.311 e. The average Bonchev–Trinajstić information content (AvgIpc) is 2.15. The standard InChI is InChI=1S/C10H11BrN2O/c1-2-3-4-10(14)13-9-7-8(11)5-6-12-9/h2,5-7H,1,3-4H2,(H,12,13,14). The third kappa shape index (κ3) is 3.70. The van der Waals surface area contributed by atoms with Crippen molar-refractivity contribution < 1.29 is 4.79 Å². The van der Waals surface area contributed by atoms with Crippen molar-refractivity contribution in [2.45, 2.75) is 12.8 Å². The van der Waals surface area contributed by atoms with Gasteiger partial charge in [0.15, 0.2) is 0 Å². The van der Waals surface area contributed by atoms with Gasteiger partial charge in [0.2, 0.25) is 5.91 Å². The molecule has 1 aromatic rings. The van der Waals surface area contributed by atoms with Crippen LogP contribution in [0.4, 0.5) is 5.82 Å². The predicted molar refractivity (Wildman–Crippen MR) is 60.0 cm³/mol. The number of halogens is 1. The fraction of sp³-hybridized carbons (Fsp3) is 0.200. The maximum atomic E-state index is 11.3. The molecule has 1 rings (SSSR count). The summed E-state index contributed by atoms with van der Waals surface area (Å²) in [7, 11) is 0. The summed E-state index contributed by atoms with van der Waals surface area (Å²) < 4.78 is 0.895. The van der Waals surface area contributed by atoms with Crippen molar-refractivity contribution in [1.29, 1.82) is 0 Å². The van der Waals surface area contributed by atoms with Crippen molar-refractivity contribution in [2.24, 2.45) is 0 Å². The van der Waals surface area contributed by atoms with Crippen LogP contribution in [-0.4, -0.2) is 10.9 Å². The lowest BCUT2D eigenvalue weighted by Crippen LogP contribution is -2.11. The second-order valence-corrected chi connectivity index (χ2v) is 3.65. The van der Waals surface area contributed by atoms with E-state index in [4.69, 9.17) is 0 Å². The summed E-state index contributed by atoms with van der Waals surface area (Å²) in [4.78, 5) is 15.3. The van der Waals surface area contributed by atoms with Gasteiger partial charge in [-0.3, -0.25) is 4.79 Å². The highest BCUT2D eigenvalue weighted by molar-refractivity contribution is 9.10. The topological polar surface area (TPSA) is 42.0 Å². The highest BCUT2D eigenvalue weighted by Crippen LogP contribution is 2.12. The molecule has 0 atom stereocenters. The van der Waals surface area contributed by atoms with E-state index in [0.717, 1.165) is 4.47 Å². The maximum Gasteiger partial charge on any atom is 0.225 e. The molecule has 0 aliphatic carbocycles. The van der Waals surface area contributed by atoms with Crippen LogP contribution in [0.5, 0.6) is 0 Å². The van der Waals surface area contributed by atoms with E-state index in [1.807, 2.05) is 0 Å². The molecule has 1 aromatic heterocycles. The van der Waals surface area contributed by atoms with Gasteiger partial charge < -0.3 is 5.32 Å². The molecule has 0 unspecified atom stereocenters. The number of amides is 1. The van der Waals surface area contributed by atoms with Crippen molar-refractivity contribution in [1.82, 2.24) is 4.98 Å². The van der Waals surface area contributed by atoms with Gasteiger partial charge in [-0.1, -0.05) is 22.0 Å². The zero-order valence-electron chi connectivity index (χ0n) is 7.66. The Bertz CT molecular complexity index is 339. The third-order valence-electron chi connectivity index (χ3n) is 1.56. The van der Waals surface area contributed by atoms with E-state index < -0.39 is 0 Å². The number of pyridine rings is 1. The highest BCUT2D eigenvalue weighted by Gasteiger charge is 2.01. The molecule has 4 heteroatoms. The molecule has 1 amide bonds. The number of nitrogens with zero attached hydrogens (tertiary/aromatic N) is 1. The van der Waals surface area contributed by atoms with Gasteiger partial charge in [0.1, 0.15) is 5.82 Å². The van der Waals surface area contributed by atoms with Crippen molar-refractivity contribution in [3.63, 3.8) is 0 Å². The van der Waals surface area contributed by atoms with Crippen molar-refractivity contribution >= 4 is 27.7 Å². The molecule has 0 saturated carbocycles. The quantitative estimate of drug-likeness (QED) is 0.840. The Hall–Kier alpha value is -1.16. The Balaban J connectivity index is 2.51. The van der Waals surface area contributed by atoms with Crippen LogP contribution in [-0.2, 0) is 4.79 Å². The second-order valence-electron chi connectivity index (χ2n) is 2.73. The Morgan fingerprint density at radius 3 is 3.14 bits per heavy atom. The zero-order chi connectivity index (χ0) is 10.4. The number of anilines is 1. The molecular formula is C10H11BrN2O. The minimum Gasteiger partial charge on any atom is -0.311 e. The van der Waals surface area contributed by atoms with E-state index in [9.17, 15) is 4.79 Å². The molecule has 0 saturated heterocycles. The number of carbonyl (C=O) groups excluding carboxylic acids is 1. The summed E-state index contributed by atoms with van der Waals surface area (Å²) in [5, 5.41) is 2.69. The van der Waals surface area contributed by atoms with Gasteiger partial charge in [0, 0.05) is 17.1 Å². The van der Waals surface area contributed by atoms with Crippen molar-refractivity contribution in [3.05, 3.63) is 35.5 Å². The Labute approximate surface area is 91.4 Å². The lowest BCUT2D eigenvalue weighted by atomic mass is 10.3. The molecule has 74 valence electrons. The van der Waals surface area contributed by atoms with Crippen LogP contribution in [0.2, 0.25) is 0 Å². The fourth-order valence-corrected chi connectivity index (χ4v) is 1.25. The van der Waals surface area contributed by atoms with Gasteiger partial charge in [0.25, 0.3) is 0 Å². The molecule has 0 fully saturated rings. The molecule has 0 aliphatic rings. The SMILES string of the molecule is C=CCCC(=O)Nc1cc(Br)ccn1. The molecule has 1 heterocycles. The van der Waals surface area contributed by atoms with E-state index in [1.54, 1.807) is 24.4 Å². The van der Waals surface area contributed by atoms with Gasteiger partial charge >= 0.3 is 0 Å². The van der Waals surface area contributed by atoms with Gasteiger partial charge in [-0.05, 0) is 18.6 Å². The summed E-state index contributed by atoms with van der Waals surface area (Å²) in [6, 6.07) is 3.56. The fourth-order valence-electron chi connectivity index (χ4n) is 0.912. The smallest absolute Gasteiger partial charge is 0.225 e. The van der Waals surface area contributed by atoms with Crippen molar-refractivity contribution in [2.75, 3.05) is 5.32 Å².